The van der Waals surface area contributed by atoms with Crippen LogP contribution in [0.4, 0.5) is 10.3 Å². The molecule has 1 atom stereocenters. The molecule has 178 valence electrons. The van der Waals surface area contributed by atoms with Gasteiger partial charge >= 0.3 is 0 Å². The Morgan fingerprint density at radius 3 is 2.30 bits per heavy atom. The van der Waals surface area contributed by atoms with E-state index in [1.54, 1.807) is 6.08 Å². The molecular weight excluding hydrogens is 449 g/mol. The van der Waals surface area contributed by atoms with Crippen molar-refractivity contribution in [3.05, 3.63) is 47.4 Å². The summed E-state index contributed by atoms with van der Waals surface area (Å²) in [5.74, 6) is -1.31. The van der Waals surface area contributed by atoms with E-state index in [4.69, 9.17) is 0 Å². The first-order chi connectivity index (χ1) is 15.3. The topological polar surface area (TPSA) is 118 Å². The fourth-order valence-electron chi connectivity index (χ4n) is 3.05. The van der Waals surface area contributed by atoms with Crippen molar-refractivity contribution in [2.24, 2.45) is 0 Å². The highest BCUT2D eigenvalue weighted by Crippen LogP contribution is 2.31. The molecule has 0 radical (unpaired) electrons. The molecule has 0 saturated heterocycles. The van der Waals surface area contributed by atoms with E-state index >= 15 is 0 Å². The Kier molecular flexibility index (Phi) is 8.57. The maximum Gasteiger partial charge on any atom is 0.239 e. The molecule has 0 aliphatic carbocycles. The van der Waals surface area contributed by atoms with Crippen LogP contribution >= 0.6 is 0 Å². The van der Waals surface area contributed by atoms with Gasteiger partial charge in [0.25, 0.3) is 0 Å². The fraction of sp³-hybridized carbons (Fsp3) is 0.391. The number of benzene rings is 1. The Balaban J connectivity index is 2.62. The van der Waals surface area contributed by atoms with Crippen molar-refractivity contribution in [1.29, 1.82) is 0 Å². The zero-order chi connectivity index (χ0) is 24.9. The lowest BCUT2D eigenvalue weighted by Gasteiger charge is -2.20. The molecule has 0 aliphatic rings. The van der Waals surface area contributed by atoms with Crippen molar-refractivity contribution in [3.8, 4) is 11.3 Å². The third kappa shape index (κ3) is 7.26. The van der Waals surface area contributed by atoms with Gasteiger partial charge in [0.15, 0.2) is 0 Å². The predicted octanol–water partition coefficient (Wildman–Crippen LogP) is 3.11. The van der Waals surface area contributed by atoms with Gasteiger partial charge in [-0.1, -0.05) is 26.0 Å². The SMILES string of the molecule is CC(=O)CC(=O)C[C@H](O)/C=C/c1c(-c2ccc(F)cc2)nc(N(C)S(C)(=O)=O)nc1C(C)C. The number of rotatable bonds is 10. The summed E-state index contributed by atoms with van der Waals surface area (Å²) >= 11 is 0. The second-order valence-electron chi connectivity index (χ2n) is 8.11. The largest absolute Gasteiger partial charge is 0.389 e. The number of anilines is 1. The maximum absolute atomic E-state index is 13.5. The minimum Gasteiger partial charge on any atom is -0.389 e. The number of aliphatic hydroxyl groups excluding tert-OH is 1. The lowest BCUT2D eigenvalue weighted by Crippen LogP contribution is -2.27. The summed E-state index contributed by atoms with van der Waals surface area (Å²) in [5.41, 5.74) is 1.87. The van der Waals surface area contributed by atoms with Gasteiger partial charge in [-0.3, -0.25) is 9.59 Å². The van der Waals surface area contributed by atoms with Gasteiger partial charge in [0.2, 0.25) is 16.0 Å². The van der Waals surface area contributed by atoms with Gasteiger partial charge in [-0.15, -0.1) is 0 Å². The summed E-state index contributed by atoms with van der Waals surface area (Å²) < 4.78 is 38.6. The van der Waals surface area contributed by atoms with Crippen molar-refractivity contribution >= 4 is 33.6 Å². The van der Waals surface area contributed by atoms with Crippen LogP contribution in [-0.4, -0.2) is 54.5 Å². The van der Waals surface area contributed by atoms with Crippen LogP contribution in [0.5, 0.6) is 0 Å². The van der Waals surface area contributed by atoms with Crippen molar-refractivity contribution in [3.63, 3.8) is 0 Å². The average molecular weight is 478 g/mol. The number of sulfonamides is 1. The molecule has 0 unspecified atom stereocenters. The van der Waals surface area contributed by atoms with Crippen LogP contribution in [0, 0.1) is 5.82 Å². The number of carbonyl (C=O) groups excluding carboxylic acids is 2. The number of carbonyl (C=O) groups is 2. The second kappa shape index (κ2) is 10.8. The van der Waals surface area contributed by atoms with E-state index in [2.05, 4.69) is 9.97 Å². The first-order valence-electron chi connectivity index (χ1n) is 10.3. The maximum atomic E-state index is 13.5. The molecule has 0 aliphatic heterocycles. The molecule has 0 amide bonds. The molecule has 1 aromatic carbocycles. The van der Waals surface area contributed by atoms with Crippen molar-refractivity contribution in [2.45, 2.75) is 45.6 Å². The van der Waals surface area contributed by atoms with Crippen molar-refractivity contribution in [1.82, 2.24) is 9.97 Å². The quantitative estimate of drug-likeness (QED) is 0.523. The zero-order valence-corrected chi connectivity index (χ0v) is 20.1. The molecule has 10 heteroatoms. The number of hydrogen-bond acceptors (Lipinski definition) is 7. The van der Waals surface area contributed by atoms with Gasteiger partial charge in [0.1, 0.15) is 17.4 Å². The van der Waals surface area contributed by atoms with Crippen LogP contribution in [0.1, 0.15) is 50.8 Å². The number of nitrogens with zero attached hydrogens (tertiary/aromatic N) is 3. The van der Waals surface area contributed by atoms with E-state index in [9.17, 15) is 27.5 Å². The summed E-state index contributed by atoms with van der Waals surface area (Å²) in [6.45, 7) is 5.03. The molecule has 8 nitrogen and oxygen atoms in total. The Morgan fingerprint density at radius 2 is 1.79 bits per heavy atom. The Morgan fingerprint density at radius 1 is 1.18 bits per heavy atom. The Labute approximate surface area is 193 Å². The van der Waals surface area contributed by atoms with Gasteiger partial charge in [-0.2, -0.15) is 0 Å². The smallest absolute Gasteiger partial charge is 0.239 e. The Bertz CT molecular complexity index is 1160. The van der Waals surface area contributed by atoms with E-state index in [1.807, 2.05) is 13.8 Å². The first kappa shape index (κ1) is 26.3. The highest BCUT2D eigenvalue weighted by atomic mass is 32.2. The molecular formula is C23H28FN3O5S. The predicted molar refractivity (Wildman–Crippen MR) is 125 cm³/mol. The third-order valence-electron chi connectivity index (χ3n) is 4.77. The van der Waals surface area contributed by atoms with Crippen LogP contribution in [-0.2, 0) is 19.6 Å². The first-order valence-corrected chi connectivity index (χ1v) is 12.1. The number of hydrogen-bond donors (Lipinski definition) is 1. The third-order valence-corrected chi connectivity index (χ3v) is 5.93. The lowest BCUT2D eigenvalue weighted by molar-refractivity contribution is -0.126. The summed E-state index contributed by atoms with van der Waals surface area (Å²) in [7, 11) is -2.30. The summed E-state index contributed by atoms with van der Waals surface area (Å²) in [4.78, 5) is 31.8. The van der Waals surface area contributed by atoms with Crippen LogP contribution in [0.2, 0.25) is 0 Å². The van der Waals surface area contributed by atoms with Crippen LogP contribution in [0.25, 0.3) is 17.3 Å². The van der Waals surface area contributed by atoms with E-state index < -0.39 is 21.9 Å². The molecule has 1 heterocycles. The normalized spacial score (nSPS) is 12.8. The molecule has 0 spiro atoms. The van der Waals surface area contributed by atoms with Crippen molar-refractivity contribution < 1.29 is 27.5 Å². The van der Waals surface area contributed by atoms with Crippen LogP contribution < -0.4 is 4.31 Å². The molecule has 1 N–H and O–H groups in total. The number of aromatic nitrogens is 2. The van der Waals surface area contributed by atoms with Gasteiger partial charge in [0.05, 0.1) is 30.2 Å². The summed E-state index contributed by atoms with van der Waals surface area (Å²) in [6.07, 6.45) is 2.37. The minimum atomic E-state index is -3.64. The van der Waals surface area contributed by atoms with Crippen LogP contribution in [0.3, 0.4) is 0 Å². The van der Waals surface area contributed by atoms with E-state index in [0.717, 1.165) is 10.6 Å². The van der Waals surface area contributed by atoms with E-state index in [1.165, 1.54) is 44.3 Å². The molecule has 0 bridgehead atoms. The summed E-state index contributed by atoms with van der Waals surface area (Å²) in [6, 6.07) is 5.54. The Hall–Kier alpha value is -2.98. The number of halogens is 1. The molecule has 2 aromatic rings. The summed E-state index contributed by atoms with van der Waals surface area (Å²) in [5, 5.41) is 10.3. The van der Waals surface area contributed by atoms with Crippen LogP contribution in [0.15, 0.2) is 30.3 Å². The van der Waals surface area contributed by atoms with E-state index in [-0.39, 0.29) is 36.3 Å². The monoisotopic (exact) mass is 477 g/mol. The molecule has 1 aromatic heterocycles. The lowest BCUT2D eigenvalue weighted by atomic mass is 9.97. The molecule has 0 fully saturated rings. The number of aliphatic hydroxyl groups is 1. The molecule has 2 rings (SSSR count). The second-order valence-corrected chi connectivity index (χ2v) is 10.1. The fourth-order valence-corrected chi connectivity index (χ4v) is 3.43. The van der Waals surface area contributed by atoms with Crippen molar-refractivity contribution in [2.75, 3.05) is 17.6 Å². The minimum absolute atomic E-state index is 0.0464. The zero-order valence-electron chi connectivity index (χ0n) is 19.2. The molecule has 33 heavy (non-hydrogen) atoms. The standard InChI is InChI=1S/C23H28FN3O5S/c1-14(2)21-20(11-10-18(29)13-19(30)12-15(3)28)22(16-6-8-17(24)9-7-16)26-23(25-21)27(4)33(5,31)32/h6-11,14,18,29H,12-13H2,1-5H3/b11-10+/t18-/m1/s1. The highest BCUT2D eigenvalue weighted by Gasteiger charge is 2.22. The highest BCUT2D eigenvalue weighted by molar-refractivity contribution is 7.92. The van der Waals surface area contributed by atoms with Gasteiger partial charge < -0.3 is 5.11 Å². The number of Topliss-reactive ketones (excluding diaryl/α,β-unsaturated/α-hetero) is 2. The van der Waals surface area contributed by atoms with Gasteiger partial charge in [-0.05, 0) is 37.1 Å². The van der Waals surface area contributed by atoms with E-state index in [0.29, 0.717) is 22.5 Å². The van der Waals surface area contributed by atoms with Gasteiger partial charge in [-0.25, -0.2) is 27.1 Å². The molecule has 0 saturated carbocycles. The van der Waals surface area contributed by atoms with Gasteiger partial charge in [0, 0.05) is 24.6 Å². The number of ketones is 2. The average Bonchev–Trinajstić information content (AvgIpc) is 2.70.